The van der Waals surface area contributed by atoms with E-state index < -0.39 is 0 Å². The Morgan fingerprint density at radius 3 is 1.82 bits per heavy atom. The number of aliphatic hydroxyl groups excluding tert-OH is 1. The Labute approximate surface area is 109 Å². The molecule has 0 amide bonds. The molecule has 0 heterocycles. The molecule has 0 radical (unpaired) electrons. The molecule has 4 atom stereocenters. The number of aliphatic hydroxyl groups is 1. The van der Waals surface area contributed by atoms with Crippen LogP contribution >= 0.6 is 0 Å². The van der Waals surface area contributed by atoms with E-state index >= 15 is 0 Å². The van der Waals surface area contributed by atoms with Crippen LogP contribution in [-0.4, -0.2) is 11.2 Å². The maximum absolute atomic E-state index is 9.43. The fourth-order valence-corrected chi connectivity index (χ4v) is 2.50. The molecule has 104 valence electrons. The topological polar surface area (TPSA) is 20.2 Å². The molecule has 0 bridgehead atoms. The molecular formula is C16H34O. The van der Waals surface area contributed by atoms with Crippen molar-refractivity contribution >= 4 is 0 Å². The Balaban J connectivity index is 3.55. The molecule has 0 aliphatic carbocycles. The molecular weight excluding hydrogens is 208 g/mol. The highest BCUT2D eigenvalue weighted by atomic mass is 16.3. The third-order valence-corrected chi connectivity index (χ3v) is 4.04. The van der Waals surface area contributed by atoms with Gasteiger partial charge in [-0.1, -0.05) is 59.8 Å². The summed E-state index contributed by atoms with van der Waals surface area (Å²) in [4.78, 5) is 0. The molecule has 0 saturated carbocycles. The van der Waals surface area contributed by atoms with Gasteiger partial charge in [-0.05, 0) is 37.5 Å². The molecule has 1 nitrogen and oxygen atoms in total. The number of unbranched alkanes of at least 4 members (excludes halogenated alkanes) is 1. The minimum atomic E-state index is -0.145. The van der Waals surface area contributed by atoms with Crippen LogP contribution in [0.15, 0.2) is 0 Å². The monoisotopic (exact) mass is 242 g/mol. The van der Waals surface area contributed by atoms with Crippen LogP contribution < -0.4 is 0 Å². The summed E-state index contributed by atoms with van der Waals surface area (Å²) in [5.41, 5.74) is 0. The van der Waals surface area contributed by atoms with Gasteiger partial charge < -0.3 is 5.11 Å². The van der Waals surface area contributed by atoms with Crippen molar-refractivity contribution in [2.45, 2.75) is 85.7 Å². The maximum Gasteiger partial charge on any atom is 0.0537 e. The van der Waals surface area contributed by atoms with E-state index in [0.717, 1.165) is 11.8 Å². The standard InChI is InChI=1S/C16H34O/c1-6-7-9-13(2)12-14(3)10-8-11-15(4)16(5)17/h13-17H,6-12H2,1-5H3/t13?,14?,15-,16-/m1/s1. The third-order valence-electron chi connectivity index (χ3n) is 4.04. The SMILES string of the molecule is CCCCC(C)CC(C)CCC[C@@H](C)[C@@H](C)O. The van der Waals surface area contributed by atoms with E-state index in [1.807, 2.05) is 6.92 Å². The Morgan fingerprint density at radius 2 is 1.35 bits per heavy atom. The zero-order valence-corrected chi connectivity index (χ0v) is 12.7. The zero-order chi connectivity index (χ0) is 13.3. The maximum atomic E-state index is 9.43. The lowest BCUT2D eigenvalue weighted by Gasteiger charge is -2.19. The molecule has 0 aromatic rings. The van der Waals surface area contributed by atoms with Crippen LogP contribution in [-0.2, 0) is 0 Å². The summed E-state index contributed by atoms with van der Waals surface area (Å²) >= 11 is 0. The minimum absolute atomic E-state index is 0.145. The first kappa shape index (κ1) is 17.0. The summed E-state index contributed by atoms with van der Waals surface area (Å²) in [5.74, 6) is 2.20. The largest absolute Gasteiger partial charge is 0.393 e. The van der Waals surface area contributed by atoms with Crippen molar-refractivity contribution < 1.29 is 5.11 Å². The molecule has 0 aromatic heterocycles. The van der Waals surface area contributed by atoms with E-state index in [9.17, 15) is 5.11 Å². The van der Waals surface area contributed by atoms with E-state index in [1.54, 1.807) is 0 Å². The first-order valence-corrected chi connectivity index (χ1v) is 7.65. The Kier molecular flexibility index (Phi) is 9.91. The van der Waals surface area contributed by atoms with Crippen LogP contribution in [0.5, 0.6) is 0 Å². The summed E-state index contributed by atoms with van der Waals surface area (Å²) in [7, 11) is 0. The summed E-state index contributed by atoms with van der Waals surface area (Å²) in [5, 5.41) is 9.43. The highest BCUT2D eigenvalue weighted by molar-refractivity contribution is 4.63. The smallest absolute Gasteiger partial charge is 0.0537 e. The van der Waals surface area contributed by atoms with E-state index in [2.05, 4.69) is 27.7 Å². The molecule has 1 heteroatoms. The summed E-state index contributed by atoms with van der Waals surface area (Å²) in [6.07, 6.45) is 9.10. The fraction of sp³-hybridized carbons (Fsp3) is 1.00. The predicted octanol–water partition coefficient (Wildman–Crippen LogP) is 5.03. The molecule has 0 aromatic carbocycles. The lowest BCUT2D eigenvalue weighted by Crippen LogP contribution is -2.13. The van der Waals surface area contributed by atoms with Crippen LogP contribution in [0, 0.1) is 17.8 Å². The Hall–Kier alpha value is -0.0400. The van der Waals surface area contributed by atoms with Crippen molar-refractivity contribution in [2.75, 3.05) is 0 Å². The molecule has 0 saturated heterocycles. The molecule has 0 spiro atoms. The Bertz CT molecular complexity index is 165. The van der Waals surface area contributed by atoms with Crippen molar-refractivity contribution in [3.63, 3.8) is 0 Å². The lowest BCUT2D eigenvalue weighted by molar-refractivity contribution is 0.127. The molecule has 0 aliphatic heterocycles. The molecule has 17 heavy (non-hydrogen) atoms. The summed E-state index contributed by atoms with van der Waals surface area (Å²) in [6, 6.07) is 0. The van der Waals surface area contributed by atoms with E-state index in [0.29, 0.717) is 5.92 Å². The van der Waals surface area contributed by atoms with Gasteiger partial charge in [-0.2, -0.15) is 0 Å². The minimum Gasteiger partial charge on any atom is -0.393 e. The van der Waals surface area contributed by atoms with E-state index in [1.165, 1.54) is 44.9 Å². The third kappa shape index (κ3) is 9.64. The van der Waals surface area contributed by atoms with Gasteiger partial charge in [0.25, 0.3) is 0 Å². The van der Waals surface area contributed by atoms with E-state index in [4.69, 9.17) is 0 Å². The average molecular weight is 242 g/mol. The summed E-state index contributed by atoms with van der Waals surface area (Å²) < 4.78 is 0. The molecule has 2 unspecified atom stereocenters. The van der Waals surface area contributed by atoms with Crippen LogP contribution in [0.4, 0.5) is 0 Å². The van der Waals surface area contributed by atoms with Gasteiger partial charge in [-0.25, -0.2) is 0 Å². The fourth-order valence-electron chi connectivity index (χ4n) is 2.50. The quantitative estimate of drug-likeness (QED) is 0.570. The zero-order valence-electron chi connectivity index (χ0n) is 12.7. The van der Waals surface area contributed by atoms with Crippen LogP contribution in [0.25, 0.3) is 0 Å². The molecule has 0 fully saturated rings. The highest BCUT2D eigenvalue weighted by Gasteiger charge is 2.11. The van der Waals surface area contributed by atoms with Gasteiger partial charge in [0.2, 0.25) is 0 Å². The van der Waals surface area contributed by atoms with Gasteiger partial charge in [-0.15, -0.1) is 0 Å². The molecule has 1 N–H and O–H groups in total. The number of hydrogen-bond donors (Lipinski definition) is 1. The second kappa shape index (κ2) is 9.94. The van der Waals surface area contributed by atoms with Gasteiger partial charge in [-0.3, -0.25) is 0 Å². The molecule has 0 aliphatic rings. The second-order valence-electron chi connectivity index (χ2n) is 6.24. The highest BCUT2D eigenvalue weighted by Crippen LogP contribution is 2.23. The first-order chi connectivity index (χ1) is 7.97. The van der Waals surface area contributed by atoms with Gasteiger partial charge >= 0.3 is 0 Å². The normalized spacial score (nSPS) is 18.7. The summed E-state index contributed by atoms with van der Waals surface area (Å²) in [6.45, 7) is 11.1. The van der Waals surface area contributed by atoms with E-state index in [-0.39, 0.29) is 6.10 Å². The van der Waals surface area contributed by atoms with Gasteiger partial charge in [0.1, 0.15) is 0 Å². The predicted molar refractivity (Wildman–Crippen MR) is 77.2 cm³/mol. The van der Waals surface area contributed by atoms with Crippen molar-refractivity contribution in [3.8, 4) is 0 Å². The first-order valence-electron chi connectivity index (χ1n) is 7.65. The van der Waals surface area contributed by atoms with Gasteiger partial charge in [0, 0.05) is 0 Å². The number of hydrogen-bond acceptors (Lipinski definition) is 1. The van der Waals surface area contributed by atoms with Crippen molar-refractivity contribution in [2.24, 2.45) is 17.8 Å². The van der Waals surface area contributed by atoms with Crippen LogP contribution in [0.3, 0.4) is 0 Å². The second-order valence-corrected chi connectivity index (χ2v) is 6.24. The van der Waals surface area contributed by atoms with Crippen molar-refractivity contribution in [3.05, 3.63) is 0 Å². The van der Waals surface area contributed by atoms with Gasteiger partial charge in [0.15, 0.2) is 0 Å². The van der Waals surface area contributed by atoms with Crippen molar-refractivity contribution in [1.29, 1.82) is 0 Å². The average Bonchev–Trinajstić information content (AvgIpc) is 2.25. The lowest BCUT2D eigenvalue weighted by atomic mass is 9.88. The van der Waals surface area contributed by atoms with Crippen LogP contribution in [0.1, 0.15) is 79.6 Å². The molecule has 0 rings (SSSR count). The van der Waals surface area contributed by atoms with Crippen molar-refractivity contribution in [1.82, 2.24) is 0 Å². The van der Waals surface area contributed by atoms with Crippen LogP contribution in [0.2, 0.25) is 0 Å². The Morgan fingerprint density at radius 1 is 0.824 bits per heavy atom. The number of rotatable bonds is 10. The van der Waals surface area contributed by atoms with Gasteiger partial charge in [0.05, 0.1) is 6.10 Å².